The second kappa shape index (κ2) is 6.87. The zero-order chi connectivity index (χ0) is 13.7. The molecule has 4 nitrogen and oxygen atoms in total. The Balaban J connectivity index is 2.88. The molecule has 0 aromatic carbocycles. The maximum atomic E-state index is 11.5. The number of amides is 1. The second-order valence-electron chi connectivity index (χ2n) is 4.55. The lowest BCUT2D eigenvalue weighted by Gasteiger charge is -2.31. The monoisotopic (exact) mass is 269 g/mol. The van der Waals surface area contributed by atoms with Crippen LogP contribution in [0, 0.1) is 6.92 Å². The molecule has 0 aliphatic carbocycles. The third kappa shape index (κ3) is 3.80. The van der Waals surface area contributed by atoms with Crippen LogP contribution in [-0.2, 0) is 4.79 Å². The van der Waals surface area contributed by atoms with E-state index in [1.165, 1.54) is 9.75 Å². The Bertz CT molecular complexity index is 391. The molecule has 0 aliphatic heterocycles. The molecule has 1 amide bonds. The molecule has 102 valence electrons. The molecule has 5 heteroatoms. The van der Waals surface area contributed by atoms with Crippen molar-refractivity contribution in [3.63, 3.8) is 0 Å². The minimum atomic E-state index is 0.0130. The van der Waals surface area contributed by atoms with Crippen LogP contribution in [0.5, 0.6) is 0 Å². The third-order valence-electron chi connectivity index (χ3n) is 3.08. The van der Waals surface area contributed by atoms with Gasteiger partial charge in [0, 0.05) is 22.8 Å². The molecule has 0 saturated carbocycles. The van der Waals surface area contributed by atoms with Gasteiger partial charge in [-0.1, -0.05) is 6.92 Å². The van der Waals surface area contributed by atoms with Gasteiger partial charge in [-0.05, 0) is 32.5 Å². The van der Waals surface area contributed by atoms with Crippen LogP contribution in [-0.4, -0.2) is 37.5 Å². The summed E-state index contributed by atoms with van der Waals surface area (Å²) in [5, 5.41) is 2.65. The number of hydrogen-bond donors (Lipinski definition) is 2. The van der Waals surface area contributed by atoms with E-state index in [-0.39, 0.29) is 18.0 Å². The third-order valence-corrected chi connectivity index (χ3v) is 4.15. The van der Waals surface area contributed by atoms with E-state index in [1.807, 2.05) is 11.9 Å². The summed E-state index contributed by atoms with van der Waals surface area (Å²) in [6, 6.07) is 4.35. The van der Waals surface area contributed by atoms with Crippen molar-refractivity contribution in [3.05, 3.63) is 21.9 Å². The van der Waals surface area contributed by atoms with Gasteiger partial charge >= 0.3 is 0 Å². The number of aryl methyl sites for hydroxylation is 1. The van der Waals surface area contributed by atoms with Crippen molar-refractivity contribution in [3.8, 4) is 0 Å². The molecule has 0 saturated heterocycles. The Morgan fingerprint density at radius 3 is 2.67 bits per heavy atom. The first-order chi connectivity index (χ1) is 8.49. The number of nitrogens with one attached hydrogen (secondary N) is 1. The summed E-state index contributed by atoms with van der Waals surface area (Å²) in [4.78, 5) is 16.0. The molecule has 1 heterocycles. The fourth-order valence-corrected chi connectivity index (χ4v) is 3.11. The highest BCUT2D eigenvalue weighted by molar-refractivity contribution is 7.12. The van der Waals surface area contributed by atoms with E-state index in [9.17, 15) is 4.79 Å². The molecule has 18 heavy (non-hydrogen) atoms. The highest BCUT2D eigenvalue weighted by atomic mass is 32.1. The van der Waals surface area contributed by atoms with Crippen LogP contribution >= 0.6 is 11.3 Å². The van der Waals surface area contributed by atoms with Crippen LogP contribution in [0.4, 0.5) is 0 Å². The zero-order valence-electron chi connectivity index (χ0n) is 11.6. The molecule has 1 aromatic rings. The van der Waals surface area contributed by atoms with Crippen LogP contribution in [0.25, 0.3) is 0 Å². The van der Waals surface area contributed by atoms with Crippen molar-refractivity contribution < 1.29 is 4.79 Å². The number of carbonyl (C=O) groups excluding carboxylic acids is 1. The lowest BCUT2D eigenvalue weighted by atomic mass is 10.0. The highest BCUT2D eigenvalue weighted by Gasteiger charge is 2.25. The first kappa shape index (κ1) is 15.1. The number of rotatable bonds is 6. The van der Waals surface area contributed by atoms with Gasteiger partial charge in [0.2, 0.25) is 5.91 Å². The maximum Gasteiger partial charge on any atom is 0.233 e. The lowest BCUT2D eigenvalue weighted by Crippen LogP contribution is -2.42. The van der Waals surface area contributed by atoms with Gasteiger partial charge in [0.15, 0.2) is 0 Å². The first-order valence-corrected chi connectivity index (χ1v) is 7.04. The Labute approximate surface area is 113 Å². The second-order valence-corrected chi connectivity index (χ2v) is 5.87. The predicted molar refractivity (Wildman–Crippen MR) is 76.8 cm³/mol. The Hall–Kier alpha value is -0.910. The van der Waals surface area contributed by atoms with Gasteiger partial charge in [-0.15, -0.1) is 11.3 Å². The number of hydrogen-bond acceptors (Lipinski definition) is 4. The minimum Gasteiger partial charge on any atom is -0.358 e. The quantitative estimate of drug-likeness (QED) is 0.823. The van der Waals surface area contributed by atoms with E-state index >= 15 is 0 Å². The van der Waals surface area contributed by atoms with Gasteiger partial charge in [0.05, 0.1) is 12.6 Å². The molecule has 0 aliphatic rings. The average molecular weight is 269 g/mol. The topological polar surface area (TPSA) is 58.4 Å². The van der Waals surface area contributed by atoms with Crippen molar-refractivity contribution >= 4 is 17.2 Å². The number of nitrogens with two attached hydrogens (primary N) is 1. The van der Waals surface area contributed by atoms with Gasteiger partial charge in [-0.2, -0.15) is 0 Å². The summed E-state index contributed by atoms with van der Waals surface area (Å²) in [6.07, 6.45) is 0.889. The summed E-state index contributed by atoms with van der Waals surface area (Å²) in [5.74, 6) is 0.0130. The predicted octanol–water partition coefficient (Wildman–Crippen LogP) is 1.51. The minimum absolute atomic E-state index is 0.0130. The normalized spacial score (nSPS) is 14.6. The van der Waals surface area contributed by atoms with Crippen molar-refractivity contribution in [2.24, 2.45) is 5.73 Å². The first-order valence-electron chi connectivity index (χ1n) is 6.22. The largest absolute Gasteiger partial charge is 0.358 e. The van der Waals surface area contributed by atoms with Crippen molar-refractivity contribution in [2.75, 3.05) is 20.6 Å². The van der Waals surface area contributed by atoms with E-state index in [2.05, 4.69) is 31.3 Å². The molecule has 1 rings (SSSR count). The van der Waals surface area contributed by atoms with E-state index < -0.39 is 0 Å². The molecule has 1 aromatic heterocycles. The van der Waals surface area contributed by atoms with E-state index in [0.717, 1.165) is 6.42 Å². The van der Waals surface area contributed by atoms with Gasteiger partial charge < -0.3 is 11.1 Å². The molecule has 0 fully saturated rings. The molecule has 2 atom stereocenters. The summed E-state index contributed by atoms with van der Waals surface area (Å²) in [6.45, 7) is 4.53. The SMILES string of the molecule is CCC(N)C(c1ccc(C)s1)N(C)CC(=O)NC. The number of likely N-dealkylation sites (N-methyl/N-ethyl adjacent to an activating group) is 2. The van der Waals surface area contributed by atoms with Crippen LogP contribution < -0.4 is 11.1 Å². The fraction of sp³-hybridized carbons (Fsp3) is 0.615. The Morgan fingerprint density at radius 2 is 2.22 bits per heavy atom. The standard InChI is InChI=1S/C13H23N3OS/c1-5-10(14)13(11-7-6-9(2)18-11)16(4)8-12(17)15-3/h6-7,10,13H,5,8,14H2,1-4H3,(H,15,17). The number of carbonyl (C=O) groups is 1. The Kier molecular flexibility index (Phi) is 5.78. The van der Waals surface area contributed by atoms with Crippen molar-refractivity contribution in [2.45, 2.75) is 32.4 Å². The van der Waals surface area contributed by atoms with E-state index in [0.29, 0.717) is 6.54 Å². The zero-order valence-corrected chi connectivity index (χ0v) is 12.4. The maximum absolute atomic E-state index is 11.5. The molecule has 3 N–H and O–H groups in total. The molecule has 0 bridgehead atoms. The van der Waals surface area contributed by atoms with Crippen LogP contribution in [0.15, 0.2) is 12.1 Å². The van der Waals surface area contributed by atoms with E-state index in [4.69, 9.17) is 5.73 Å². The van der Waals surface area contributed by atoms with Gasteiger partial charge in [-0.3, -0.25) is 9.69 Å². The summed E-state index contributed by atoms with van der Waals surface area (Å²) < 4.78 is 0. The van der Waals surface area contributed by atoms with Crippen LogP contribution in [0.1, 0.15) is 29.1 Å². The van der Waals surface area contributed by atoms with Crippen molar-refractivity contribution in [1.29, 1.82) is 0 Å². The molecular weight excluding hydrogens is 246 g/mol. The van der Waals surface area contributed by atoms with Gasteiger partial charge in [0.25, 0.3) is 0 Å². The fourth-order valence-electron chi connectivity index (χ4n) is 1.99. The molecule has 2 unspecified atom stereocenters. The molecule has 0 radical (unpaired) electrons. The van der Waals surface area contributed by atoms with E-state index in [1.54, 1.807) is 18.4 Å². The smallest absolute Gasteiger partial charge is 0.233 e. The summed E-state index contributed by atoms with van der Waals surface area (Å²) in [7, 11) is 3.60. The molecule has 0 spiro atoms. The van der Waals surface area contributed by atoms with Gasteiger partial charge in [0.1, 0.15) is 0 Å². The average Bonchev–Trinajstić information content (AvgIpc) is 2.75. The van der Waals surface area contributed by atoms with Crippen LogP contribution in [0.3, 0.4) is 0 Å². The van der Waals surface area contributed by atoms with Crippen LogP contribution in [0.2, 0.25) is 0 Å². The van der Waals surface area contributed by atoms with Gasteiger partial charge in [-0.25, -0.2) is 0 Å². The highest BCUT2D eigenvalue weighted by Crippen LogP contribution is 2.29. The lowest BCUT2D eigenvalue weighted by molar-refractivity contribution is -0.122. The Morgan fingerprint density at radius 1 is 1.56 bits per heavy atom. The summed E-state index contributed by atoms with van der Waals surface area (Å²) >= 11 is 1.75. The van der Waals surface area contributed by atoms with Crippen molar-refractivity contribution in [1.82, 2.24) is 10.2 Å². The number of thiophene rings is 1. The number of nitrogens with zero attached hydrogens (tertiary/aromatic N) is 1. The summed E-state index contributed by atoms with van der Waals surface area (Å²) in [5.41, 5.74) is 6.21. The molecular formula is C13H23N3OS.